The van der Waals surface area contributed by atoms with Crippen LogP contribution in [0.1, 0.15) is 27.2 Å². The lowest BCUT2D eigenvalue weighted by Gasteiger charge is -2.26. The largest absolute Gasteiger partial charge is 0.481 e. The molecule has 9 N–H and O–H groups in total. The second-order valence-electron chi connectivity index (χ2n) is 6.74. The van der Waals surface area contributed by atoms with E-state index in [-0.39, 0.29) is 0 Å². The molecule has 29 heavy (non-hydrogen) atoms. The van der Waals surface area contributed by atoms with Gasteiger partial charge in [-0.1, -0.05) is 13.8 Å². The van der Waals surface area contributed by atoms with Gasteiger partial charge in [-0.3, -0.25) is 19.2 Å². The average molecular weight is 420 g/mol. The van der Waals surface area contributed by atoms with Gasteiger partial charge in [0.1, 0.15) is 18.1 Å². The van der Waals surface area contributed by atoms with E-state index >= 15 is 0 Å². The number of carboxylic acids is 2. The first-order valence-electron chi connectivity index (χ1n) is 8.72. The van der Waals surface area contributed by atoms with Crippen LogP contribution in [0.2, 0.25) is 0 Å². The molecule has 0 aliphatic carbocycles. The van der Waals surface area contributed by atoms with Gasteiger partial charge < -0.3 is 42.1 Å². The first-order chi connectivity index (χ1) is 13.3. The number of carboxylic acid groups (broad SMARTS) is 2. The fourth-order valence-corrected chi connectivity index (χ4v) is 2.17. The lowest BCUT2D eigenvalue weighted by atomic mass is 10.0. The van der Waals surface area contributed by atoms with E-state index in [1.807, 2.05) is 5.32 Å². The second kappa shape index (κ2) is 11.9. The van der Waals surface area contributed by atoms with Gasteiger partial charge in [0.2, 0.25) is 17.7 Å². The second-order valence-corrected chi connectivity index (χ2v) is 6.74. The van der Waals surface area contributed by atoms with E-state index in [9.17, 15) is 29.1 Å². The van der Waals surface area contributed by atoms with Gasteiger partial charge in [0.05, 0.1) is 19.1 Å². The van der Waals surface area contributed by atoms with E-state index in [1.165, 1.54) is 0 Å². The fourth-order valence-electron chi connectivity index (χ4n) is 2.17. The van der Waals surface area contributed by atoms with Gasteiger partial charge >= 0.3 is 11.9 Å². The van der Waals surface area contributed by atoms with Crippen molar-refractivity contribution in [2.24, 2.45) is 11.7 Å². The highest BCUT2D eigenvalue weighted by molar-refractivity contribution is 5.95. The summed E-state index contributed by atoms with van der Waals surface area (Å²) in [5, 5.41) is 42.7. The summed E-state index contributed by atoms with van der Waals surface area (Å²) in [6, 6.07) is -5.90. The van der Waals surface area contributed by atoms with Crippen LogP contribution in [0.5, 0.6) is 0 Å². The Morgan fingerprint density at radius 2 is 1.38 bits per heavy atom. The molecule has 0 aliphatic rings. The van der Waals surface area contributed by atoms with E-state index in [1.54, 1.807) is 13.8 Å². The summed E-state index contributed by atoms with van der Waals surface area (Å²) in [7, 11) is 0. The molecule has 0 saturated heterocycles. The molecule has 0 rings (SSSR count). The number of carbonyl (C=O) groups is 5. The molecule has 5 unspecified atom stereocenters. The maximum atomic E-state index is 12.5. The molecular formula is C16H28N4O9. The minimum absolute atomic E-state index is 0.498. The van der Waals surface area contributed by atoms with Gasteiger partial charge in [-0.25, -0.2) is 4.79 Å². The number of aliphatic hydroxyl groups is 2. The van der Waals surface area contributed by atoms with Crippen LogP contribution < -0.4 is 21.7 Å². The summed E-state index contributed by atoms with van der Waals surface area (Å²) in [6.07, 6.45) is -2.36. The van der Waals surface area contributed by atoms with Crippen LogP contribution in [0, 0.1) is 5.92 Å². The van der Waals surface area contributed by atoms with Crippen LogP contribution in [-0.2, 0) is 24.0 Å². The van der Waals surface area contributed by atoms with Crippen molar-refractivity contribution in [1.29, 1.82) is 0 Å². The molecule has 0 saturated carbocycles. The molecular weight excluding hydrogens is 392 g/mol. The predicted molar refractivity (Wildman–Crippen MR) is 97.3 cm³/mol. The van der Waals surface area contributed by atoms with E-state index in [4.69, 9.17) is 21.1 Å². The number of nitrogens with one attached hydrogen (secondary N) is 3. The molecule has 0 radical (unpaired) electrons. The molecule has 0 fully saturated rings. The maximum Gasteiger partial charge on any atom is 0.328 e. The standard InChI is InChI=1S/C16H28N4O9/c1-6(2)11(19-13(25)8(17)5-21)15(27)18-9(4-10(23)24)14(26)20-12(7(3)22)16(28)29/h6-9,11-12,21-22H,4-5,17H2,1-3H3,(H,18,27)(H,19,25)(H,20,26)(H,23,24)(H,28,29). The third-order valence-corrected chi connectivity index (χ3v) is 3.84. The maximum absolute atomic E-state index is 12.5. The third kappa shape index (κ3) is 8.85. The summed E-state index contributed by atoms with van der Waals surface area (Å²) in [5.41, 5.74) is 5.38. The van der Waals surface area contributed by atoms with Crippen molar-refractivity contribution < 1.29 is 44.4 Å². The monoisotopic (exact) mass is 420 g/mol. The molecule has 166 valence electrons. The number of carbonyl (C=O) groups excluding carboxylic acids is 3. The van der Waals surface area contributed by atoms with Gasteiger partial charge in [0.15, 0.2) is 6.04 Å². The minimum atomic E-state index is -1.72. The Hall–Kier alpha value is -2.77. The molecule has 0 bridgehead atoms. The molecule has 13 nitrogen and oxygen atoms in total. The molecule has 0 aromatic rings. The first kappa shape index (κ1) is 26.2. The normalized spacial score (nSPS) is 16.1. The lowest BCUT2D eigenvalue weighted by Crippen LogP contribution is -2.59. The Bertz CT molecular complexity index is 624. The van der Waals surface area contributed by atoms with Crippen molar-refractivity contribution in [2.45, 2.75) is 57.5 Å². The van der Waals surface area contributed by atoms with Crippen LogP contribution in [0.15, 0.2) is 0 Å². The molecule has 0 aliphatic heterocycles. The zero-order valence-corrected chi connectivity index (χ0v) is 16.3. The number of amides is 3. The summed E-state index contributed by atoms with van der Waals surface area (Å²) >= 11 is 0. The topological polar surface area (TPSA) is 228 Å². The molecule has 0 aromatic heterocycles. The number of rotatable bonds is 12. The Kier molecular flexibility index (Phi) is 10.8. The van der Waals surface area contributed by atoms with E-state index < -0.39 is 78.9 Å². The summed E-state index contributed by atoms with van der Waals surface area (Å²) < 4.78 is 0. The predicted octanol–water partition coefficient (Wildman–Crippen LogP) is -3.64. The van der Waals surface area contributed by atoms with Gasteiger partial charge in [-0.2, -0.15) is 0 Å². The molecule has 3 amide bonds. The zero-order chi connectivity index (χ0) is 22.9. The molecule has 0 spiro atoms. The SMILES string of the molecule is CC(C)C(NC(=O)C(N)CO)C(=O)NC(CC(=O)O)C(=O)NC(C(=O)O)C(C)O. The van der Waals surface area contributed by atoms with Crippen LogP contribution >= 0.6 is 0 Å². The average Bonchev–Trinajstić information content (AvgIpc) is 2.60. The Morgan fingerprint density at radius 1 is 0.862 bits per heavy atom. The highest BCUT2D eigenvalue weighted by Crippen LogP contribution is 2.05. The fraction of sp³-hybridized carbons (Fsp3) is 0.688. The highest BCUT2D eigenvalue weighted by Gasteiger charge is 2.33. The summed E-state index contributed by atoms with van der Waals surface area (Å²) in [6.45, 7) is 3.57. The van der Waals surface area contributed by atoms with Crippen LogP contribution in [0.3, 0.4) is 0 Å². The van der Waals surface area contributed by atoms with E-state index in [2.05, 4.69) is 10.6 Å². The quantitative estimate of drug-likeness (QED) is 0.154. The van der Waals surface area contributed by atoms with Crippen LogP contribution in [-0.4, -0.2) is 87.0 Å². The van der Waals surface area contributed by atoms with Crippen molar-refractivity contribution >= 4 is 29.7 Å². The van der Waals surface area contributed by atoms with Gasteiger partial charge in [-0.05, 0) is 12.8 Å². The number of nitrogens with two attached hydrogens (primary N) is 1. The van der Waals surface area contributed by atoms with Crippen molar-refractivity contribution in [2.75, 3.05) is 6.61 Å². The van der Waals surface area contributed by atoms with Gasteiger partial charge in [0, 0.05) is 0 Å². The van der Waals surface area contributed by atoms with Crippen molar-refractivity contribution in [3.63, 3.8) is 0 Å². The highest BCUT2D eigenvalue weighted by atomic mass is 16.4. The molecule has 0 aromatic carbocycles. The number of aliphatic carboxylic acids is 2. The lowest BCUT2D eigenvalue weighted by molar-refractivity contribution is -0.146. The van der Waals surface area contributed by atoms with E-state index in [0.29, 0.717) is 0 Å². The zero-order valence-electron chi connectivity index (χ0n) is 16.3. The van der Waals surface area contributed by atoms with Crippen molar-refractivity contribution in [1.82, 2.24) is 16.0 Å². The Balaban J connectivity index is 5.43. The van der Waals surface area contributed by atoms with Gasteiger partial charge in [0.25, 0.3) is 0 Å². The smallest absolute Gasteiger partial charge is 0.328 e. The Morgan fingerprint density at radius 3 is 1.76 bits per heavy atom. The number of hydrogen-bond donors (Lipinski definition) is 8. The third-order valence-electron chi connectivity index (χ3n) is 3.84. The number of hydrogen-bond acceptors (Lipinski definition) is 8. The first-order valence-corrected chi connectivity index (χ1v) is 8.72. The Labute approximate surface area is 166 Å². The number of aliphatic hydroxyl groups excluding tert-OH is 2. The van der Waals surface area contributed by atoms with Gasteiger partial charge in [-0.15, -0.1) is 0 Å². The van der Waals surface area contributed by atoms with Crippen LogP contribution in [0.4, 0.5) is 0 Å². The van der Waals surface area contributed by atoms with Crippen molar-refractivity contribution in [3.8, 4) is 0 Å². The summed E-state index contributed by atoms with van der Waals surface area (Å²) in [4.78, 5) is 58.8. The molecule has 5 atom stereocenters. The van der Waals surface area contributed by atoms with E-state index in [0.717, 1.165) is 6.92 Å². The molecule has 13 heteroatoms. The van der Waals surface area contributed by atoms with Crippen molar-refractivity contribution in [3.05, 3.63) is 0 Å². The summed E-state index contributed by atoms with van der Waals surface area (Å²) in [5.74, 6) is -6.40. The van der Waals surface area contributed by atoms with Crippen LogP contribution in [0.25, 0.3) is 0 Å². The molecule has 0 heterocycles. The minimum Gasteiger partial charge on any atom is -0.481 e.